The van der Waals surface area contributed by atoms with Gasteiger partial charge in [-0.1, -0.05) is 23.5 Å². The van der Waals surface area contributed by atoms with Crippen LogP contribution in [0, 0.1) is 0 Å². The minimum atomic E-state index is -4.77. The summed E-state index contributed by atoms with van der Waals surface area (Å²) in [4.78, 5) is 21.8. The Hall–Kier alpha value is -4.12. The molecule has 0 aliphatic heterocycles. The number of hydrogen-bond donors (Lipinski definition) is 2. The fourth-order valence-electron chi connectivity index (χ4n) is 4.05. The lowest BCUT2D eigenvalue weighted by atomic mass is 10.0. The molecule has 0 fully saturated rings. The maximum Gasteiger partial charge on any atom is 0.573 e. The van der Waals surface area contributed by atoms with Crippen molar-refractivity contribution in [2.75, 3.05) is 5.32 Å². The number of halogens is 3. The molecule has 0 aliphatic carbocycles. The van der Waals surface area contributed by atoms with Gasteiger partial charge < -0.3 is 19.7 Å². The number of nitrogens with one attached hydrogen (secondary N) is 1. The molecule has 0 saturated heterocycles. The molecular weight excluding hydrogens is 505 g/mol. The van der Waals surface area contributed by atoms with Crippen LogP contribution in [0.4, 0.5) is 24.3 Å². The second-order valence-electron chi connectivity index (χ2n) is 8.47. The number of phenols is 1. The number of ketones is 1. The fourth-order valence-corrected chi connectivity index (χ4v) is 4.93. The summed E-state index contributed by atoms with van der Waals surface area (Å²) in [5.74, 6) is 0.386. The van der Waals surface area contributed by atoms with Gasteiger partial charge in [-0.2, -0.15) is 0 Å². The summed E-state index contributed by atoms with van der Waals surface area (Å²) in [5.41, 5.74) is 3.50. The van der Waals surface area contributed by atoms with Gasteiger partial charge in [-0.15, -0.1) is 13.2 Å². The van der Waals surface area contributed by atoms with Gasteiger partial charge in [0.2, 0.25) is 5.95 Å². The molecule has 11 heteroatoms. The number of hydrogen-bond acceptors (Lipinski definition) is 7. The van der Waals surface area contributed by atoms with E-state index in [9.17, 15) is 23.1 Å². The summed E-state index contributed by atoms with van der Waals surface area (Å²) in [6, 6.07) is 16.3. The van der Waals surface area contributed by atoms with E-state index in [1.165, 1.54) is 29.5 Å². The molecule has 0 unspecified atom stereocenters. The molecule has 0 aliphatic rings. The lowest BCUT2D eigenvalue weighted by Crippen LogP contribution is -2.16. The Morgan fingerprint density at radius 2 is 1.92 bits per heavy atom. The molecule has 2 N–H and O–H groups in total. The summed E-state index contributed by atoms with van der Waals surface area (Å²) >= 11 is 1.17. The number of ether oxygens (including phenoxy) is 1. The standard InChI is InChI=1S/C26H21F3N4O3S/c1-33-21-11-8-16(22(35)7-3-5-15-4-2-6-17(34)12-15)13-20(21)30-24(33)32-25-31-19-10-9-18(14-23(19)37-25)36-26(27,28)29/h2,4,6,8-14,34H,3,5,7H2,1H3,(H,30,31,32). The zero-order valence-corrected chi connectivity index (χ0v) is 20.4. The van der Waals surface area contributed by atoms with Crippen molar-refractivity contribution in [2.24, 2.45) is 7.05 Å². The molecule has 0 radical (unpaired) electrons. The number of Topliss-reactive ketones (excluding diaryl/α,β-unsaturated/α-hetero) is 1. The van der Waals surface area contributed by atoms with Crippen molar-refractivity contribution in [2.45, 2.75) is 25.6 Å². The fraction of sp³-hybridized carbons (Fsp3) is 0.192. The van der Waals surface area contributed by atoms with E-state index in [4.69, 9.17) is 0 Å². The van der Waals surface area contributed by atoms with Gasteiger partial charge in [0.15, 0.2) is 10.9 Å². The number of benzene rings is 3. The SMILES string of the molecule is Cn1c(Nc2nc3ccc(OC(F)(F)F)cc3s2)nc2cc(C(=O)CCCc3cccc(O)c3)ccc21. The Morgan fingerprint density at radius 1 is 1.08 bits per heavy atom. The number of rotatable bonds is 8. The van der Waals surface area contributed by atoms with Gasteiger partial charge in [-0.05, 0) is 60.9 Å². The topological polar surface area (TPSA) is 89.3 Å². The van der Waals surface area contributed by atoms with Gasteiger partial charge in [-0.3, -0.25) is 4.79 Å². The van der Waals surface area contributed by atoms with Crippen molar-refractivity contribution in [3.63, 3.8) is 0 Å². The van der Waals surface area contributed by atoms with Crippen LogP contribution in [-0.4, -0.2) is 31.8 Å². The van der Waals surface area contributed by atoms with Crippen molar-refractivity contribution >= 4 is 49.4 Å². The molecule has 0 atom stereocenters. The third kappa shape index (κ3) is 5.67. The lowest BCUT2D eigenvalue weighted by molar-refractivity contribution is -0.274. The number of aromatic hydroxyl groups is 1. The van der Waals surface area contributed by atoms with Crippen LogP contribution in [-0.2, 0) is 13.5 Å². The number of thiazole rings is 1. The van der Waals surface area contributed by atoms with Crippen molar-refractivity contribution in [3.05, 3.63) is 71.8 Å². The molecule has 0 amide bonds. The third-order valence-electron chi connectivity index (χ3n) is 5.79. The summed E-state index contributed by atoms with van der Waals surface area (Å²) in [6.07, 6.45) is -3.06. The Labute approximate surface area is 213 Å². The molecule has 0 bridgehead atoms. The van der Waals surface area contributed by atoms with Crippen LogP contribution in [0.3, 0.4) is 0 Å². The average Bonchev–Trinajstić information content (AvgIpc) is 3.37. The van der Waals surface area contributed by atoms with Crippen LogP contribution in [0.25, 0.3) is 21.3 Å². The predicted octanol–water partition coefficient (Wildman–Crippen LogP) is 6.74. The minimum absolute atomic E-state index is 0.00488. The molecule has 37 heavy (non-hydrogen) atoms. The smallest absolute Gasteiger partial charge is 0.508 e. The maximum absolute atomic E-state index is 12.8. The van der Waals surface area contributed by atoms with E-state index in [1.54, 1.807) is 30.3 Å². The highest BCUT2D eigenvalue weighted by Gasteiger charge is 2.31. The lowest BCUT2D eigenvalue weighted by Gasteiger charge is -2.07. The first-order valence-corrected chi connectivity index (χ1v) is 12.2. The number of fused-ring (bicyclic) bond motifs is 2. The molecule has 3 aromatic carbocycles. The number of alkyl halides is 3. The number of imidazole rings is 1. The average molecular weight is 527 g/mol. The highest BCUT2D eigenvalue weighted by molar-refractivity contribution is 7.22. The molecule has 0 saturated carbocycles. The number of nitrogens with zero attached hydrogens (tertiary/aromatic N) is 3. The Bertz CT molecular complexity index is 1610. The highest BCUT2D eigenvalue weighted by atomic mass is 32.1. The highest BCUT2D eigenvalue weighted by Crippen LogP contribution is 2.33. The predicted molar refractivity (Wildman–Crippen MR) is 136 cm³/mol. The quantitative estimate of drug-likeness (QED) is 0.218. The van der Waals surface area contributed by atoms with Gasteiger partial charge in [0, 0.05) is 25.1 Å². The Morgan fingerprint density at radius 3 is 2.70 bits per heavy atom. The summed E-state index contributed by atoms with van der Waals surface area (Å²) < 4.78 is 43.9. The molecule has 2 aromatic heterocycles. The Balaban J connectivity index is 1.29. The van der Waals surface area contributed by atoms with Gasteiger partial charge in [0.1, 0.15) is 11.5 Å². The molecule has 5 aromatic rings. The number of carbonyl (C=O) groups excluding carboxylic acids is 1. The van der Waals surface area contributed by atoms with Crippen LogP contribution in [0.2, 0.25) is 0 Å². The monoisotopic (exact) mass is 526 g/mol. The van der Waals surface area contributed by atoms with E-state index < -0.39 is 6.36 Å². The number of carbonyl (C=O) groups is 1. The number of aromatic nitrogens is 3. The first-order valence-electron chi connectivity index (χ1n) is 11.4. The molecule has 190 valence electrons. The van der Waals surface area contributed by atoms with Crippen LogP contribution in [0.1, 0.15) is 28.8 Å². The van der Waals surface area contributed by atoms with E-state index >= 15 is 0 Å². The second kappa shape index (κ2) is 9.74. The summed E-state index contributed by atoms with van der Waals surface area (Å²) in [6.45, 7) is 0. The maximum atomic E-state index is 12.8. The van der Waals surface area contributed by atoms with E-state index in [0.717, 1.165) is 11.1 Å². The van der Waals surface area contributed by atoms with E-state index in [-0.39, 0.29) is 17.3 Å². The zero-order valence-electron chi connectivity index (χ0n) is 19.5. The summed E-state index contributed by atoms with van der Waals surface area (Å²) in [5, 5.41) is 13.2. The normalized spacial score (nSPS) is 11.8. The number of aryl methyl sites for hydroxylation is 2. The van der Waals surface area contributed by atoms with Gasteiger partial charge in [-0.25, -0.2) is 9.97 Å². The van der Waals surface area contributed by atoms with Crippen molar-refractivity contribution in [1.29, 1.82) is 0 Å². The van der Waals surface area contributed by atoms with Crippen LogP contribution >= 0.6 is 11.3 Å². The second-order valence-corrected chi connectivity index (χ2v) is 9.50. The number of phenolic OH excluding ortho intramolecular Hbond substituents is 1. The van der Waals surface area contributed by atoms with E-state index in [2.05, 4.69) is 20.0 Å². The van der Waals surface area contributed by atoms with Crippen molar-refractivity contribution in [1.82, 2.24) is 14.5 Å². The van der Waals surface area contributed by atoms with E-state index in [0.29, 0.717) is 51.6 Å². The molecule has 5 rings (SSSR count). The van der Waals surface area contributed by atoms with Crippen molar-refractivity contribution < 1.29 is 27.8 Å². The zero-order chi connectivity index (χ0) is 26.2. The van der Waals surface area contributed by atoms with Crippen LogP contribution in [0.5, 0.6) is 11.5 Å². The van der Waals surface area contributed by atoms with Crippen LogP contribution in [0.15, 0.2) is 60.7 Å². The van der Waals surface area contributed by atoms with Crippen LogP contribution < -0.4 is 10.1 Å². The van der Waals surface area contributed by atoms with E-state index in [1.807, 2.05) is 23.7 Å². The van der Waals surface area contributed by atoms with Gasteiger partial charge in [0.05, 0.1) is 21.3 Å². The molecule has 0 spiro atoms. The Kier molecular flexibility index (Phi) is 6.46. The van der Waals surface area contributed by atoms with Gasteiger partial charge >= 0.3 is 6.36 Å². The third-order valence-corrected chi connectivity index (χ3v) is 6.73. The summed E-state index contributed by atoms with van der Waals surface area (Å²) in [7, 11) is 1.82. The molecule has 2 heterocycles. The minimum Gasteiger partial charge on any atom is -0.508 e. The van der Waals surface area contributed by atoms with Gasteiger partial charge in [0.25, 0.3) is 0 Å². The number of anilines is 2. The largest absolute Gasteiger partial charge is 0.573 e. The molecular formula is C26H21F3N4O3S. The first-order chi connectivity index (χ1) is 17.6. The molecule has 7 nitrogen and oxygen atoms in total. The first kappa shape index (κ1) is 24.6. The van der Waals surface area contributed by atoms with Crippen molar-refractivity contribution in [3.8, 4) is 11.5 Å².